The fourth-order valence-corrected chi connectivity index (χ4v) is 2.35. The number of aliphatic hydroxyl groups excluding tert-OH is 1. The van der Waals surface area contributed by atoms with Crippen molar-refractivity contribution in [2.75, 3.05) is 0 Å². The van der Waals surface area contributed by atoms with Crippen molar-refractivity contribution in [2.45, 2.75) is 38.2 Å². The van der Waals surface area contributed by atoms with E-state index in [0.717, 1.165) is 5.56 Å². The van der Waals surface area contributed by atoms with Crippen molar-refractivity contribution in [2.24, 2.45) is 0 Å². The fraction of sp³-hybridized carbons (Fsp3) is 0.429. The number of hydrogen-bond acceptors (Lipinski definition) is 1. The summed E-state index contributed by atoms with van der Waals surface area (Å²) in [5.41, 5.74) is 1.00. The monoisotopic (exact) mass is 234 g/mol. The molecule has 0 aliphatic rings. The highest BCUT2D eigenvalue weighted by atomic mass is 28.3. The van der Waals surface area contributed by atoms with Gasteiger partial charge in [-0.3, -0.25) is 0 Å². The van der Waals surface area contributed by atoms with Gasteiger partial charge in [0.1, 0.15) is 0 Å². The lowest BCUT2D eigenvalue weighted by Gasteiger charge is -2.12. The average molecular weight is 234 g/mol. The van der Waals surface area contributed by atoms with Gasteiger partial charge in [0.05, 0.1) is 6.10 Å². The molecule has 0 heterocycles. The van der Waals surface area contributed by atoms with E-state index in [9.17, 15) is 5.11 Å². The molecule has 1 N–H and O–H groups in total. The smallest absolute Gasteiger partial charge is 0.0824 e. The van der Waals surface area contributed by atoms with Crippen molar-refractivity contribution in [1.82, 2.24) is 0 Å². The van der Waals surface area contributed by atoms with Gasteiger partial charge in [-0.05, 0) is 18.0 Å². The molecule has 0 fully saturated rings. The quantitative estimate of drug-likeness (QED) is 0.603. The van der Waals surface area contributed by atoms with Crippen LogP contribution in [-0.4, -0.2) is 13.2 Å². The molecule has 1 rings (SSSR count). The first-order valence-corrected chi connectivity index (χ1v) is 9.58. The molecule has 0 unspecified atom stereocenters. The van der Waals surface area contributed by atoms with Gasteiger partial charge in [-0.15, -0.1) is 0 Å². The first-order valence-electron chi connectivity index (χ1n) is 5.87. The van der Waals surface area contributed by atoms with E-state index >= 15 is 0 Å². The Labute approximate surface area is 99.8 Å². The summed E-state index contributed by atoms with van der Waals surface area (Å²) in [7, 11) is -0.977. The summed E-state index contributed by atoms with van der Waals surface area (Å²) in [5, 5.41) is 9.91. The van der Waals surface area contributed by atoms with E-state index in [1.165, 1.54) is 6.04 Å². The highest BCUT2D eigenvalue weighted by Gasteiger charge is 2.09. The minimum Gasteiger partial charge on any atom is -0.388 e. The van der Waals surface area contributed by atoms with Crippen LogP contribution < -0.4 is 0 Å². The number of rotatable bonds is 5. The number of allylic oxidation sites excluding steroid dienone is 1. The lowest BCUT2D eigenvalue weighted by atomic mass is 10.1. The second-order valence-electron chi connectivity index (χ2n) is 5.40. The van der Waals surface area contributed by atoms with Gasteiger partial charge in [0, 0.05) is 8.07 Å². The van der Waals surface area contributed by atoms with E-state index < -0.39 is 8.07 Å². The summed E-state index contributed by atoms with van der Waals surface area (Å²) in [4.78, 5) is 0. The Hall–Kier alpha value is -0.863. The second kappa shape index (κ2) is 6.02. The van der Waals surface area contributed by atoms with Crippen LogP contribution in [0.1, 0.15) is 18.1 Å². The van der Waals surface area contributed by atoms with Gasteiger partial charge >= 0.3 is 0 Å². The van der Waals surface area contributed by atoms with Crippen LogP contribution >= 0.6 is 0 Å². The summed E-state index contributed by atoms with van der Waals surface area (Å²) in [6.07, 6.45) is 4.68. The van der Waals surface area contributed by atoms with Crippen LogP contribution in [0.3, 0.4) is 0 Å². The molecule has 0 aromatic heterocycles. The van der Waals surface area contributed by atoms with Gasteiger partial charge in [-0.1, -0.05) is 62.1 Å². The zero-order valence-electron chi connectivity index (χ0n) is 10.5. The molecular weight excluding hydrogens is 212 g/mol. The minimum atomic E-state index is -0.977. The Morgan fingerprint density at radius 1 is 1.12 bits per heavy atom. The van der Waals surface area contributed by atoms with Gasteiger partial charge < -0.3 is 5.11 Å². The molecule has 0 saturated heterocycles. The third-order valence-electron chi connectivity index (χ3n) is 2.44. The second-order valence-corrected chi connectivity index (χ2v) is 10.9. The van der Waals surface area contributed by atoms with Crippen LogP contribution in [0.2, 0.25) is 25.7 Å². The van der Waals surface area contributed by atoms with E-state index in [-0.39, 0.29) is 6.10 Å². The summed E-state index contributed by atoms with van der Waals surface area (Å²) in [5.74, 6) is 0. The van der Waals surface area contributed by atoms with Crippen LogP contribution in [0.4, 0.5) is 0 Å². The van der Waals surface area contributed by atoms with Crippen molar-refractivity contribution in [3.05, 3.63) is 48.0 Å². The van der Waals surface area contributed by atoms with Crippen LogP contribution in [-0.2, 0) is 0 Å². The normalized spacial score (nSPS) is 14.2. The summed E-state index contributed by atoms with van der Waals surface area (Å²) < 4.78 is 0. The molecule has 0 spiro atoms. The fourth-order valence-electron chi connectivity index (χ4n) is 1.47. The number of aliphatic hydroxyl groups is 1. The van der Waals surface area contributed by atoms with Crippen LogP contribution in [0.15, 0.2) is 42.5 Å². The third-order valence-corrected chi connectivity index (χ3v) is 3.90. The SMILES string of the molecule is C[Si](C)(C)CC=CC[C@H](O)c1ccccc1. The zero-order valence-corrected chi connectivity index (χ0v) is 11.5. The van der Waals surface area contributed by atoms with E-state index in [4.69, 9.17) is 0 Å². The highest BCUT2D eigenvalue weighted by Crippen LogP contribution is 2.17. The highest BCUT2D eigenvalue weighted by molar-refractivity contribution is 6.76. The molecule has 1 atom stereocenters. The maximum Gasteiger partial charge on any atom is 0.0824 e. The Morgan fingerprint density at radius 2 is 1.75 bits per heavy atom. The Kier molecular flexibility index (Phi) is 4.96. The Balaban J connectivity index is 2.39. The maximum absolute atomic E-state index is 9.91. The van der Waals surface area contributed by atoms with Crippen LogP contribution in [0.5, 0.6) is 0 Å². The Morgan fingerprint density at radius 3 is 2.31 bits per heavy atom. The van der Waals surface area contributed by atoms with Crippen molar-refractivity contribution >= 4 is 8.07 Å². The van der Waals surface area contributed by atoms with E-state index in [2.05, 4.69) is 31.8 Å². The van der Waals surface area contributed by atoms with Crippen molar-refractivity contribution in [3.63, 3.8) is 0 Å². The van der Waals surface area contributed by atoms with Crippen molar-refractivity contribution in [1.29, 1.82) is 0 Å². The molecular formula is C14H22OSi. The number of hydrogen-bond donors (Lipinski definition) is 1. The molecule has 0 aliphatic heterocycles. The lowest BCUT2D eigenvalue weighted by molar-refractivity contribution is 0.181. The van der Waals surface area contributed by atoms with Gasteiger partial charge in [-0.2, -0.15) is 0 Å². The topological polar surface area (TPSA) is 20.2 Å². The standard InChI is InChI=1S/C14H22OSi/c1-16(2,3)12-8-7-11-14(15)13-9-5-4-6-10-13/h4-10,14-15H,11-12H2,1-3H3/t14-/m0/s1. The largest absolute Gasteiger partial charge is 0.388 e. The average Bonchev–Trinajstić information content (AvgIpc) is 2.24. The van der Waals surface area contributed by atoms with Crippen molar-refractivity contribution < 1.29 is 5.11 Å². The molecule has 16 heavy (non-hydrogen) atoms. The Bertz CT molecular complexity index is 324. The minimum absolute atomic E-state index is 0.362. The zero-order chi connectivity index (χ0) is 12.0. The molecule has 0 bridgehead atoms. The molecule has 0 aliphatic carbocycles. The van der Waals surface area contributed by atoms with Gasteiger partial charge in [0.2, 0.25) is 0 Å². The molecule has 0 amide bonds. The summed E-state index contributed by atoms with van der Waals surface area (Å²) in [6, 6.07) is 11.0. The molecule has 1 aromatic rings. The molecule has 1 aromatic carbocycles. The molecule has 88 valence electrons. The molecule has 0 saturated carbocycles. The van der Waals surface area contributed by atoms with Gasteiger partial charge in [0.15, 0.2) is 0 Å². The lowest BCUT2D eigenvalue weighted by Crippen LogP contribution is -2.17. The summed E-state index contributed by atoms with van der Waals surface area (Å²) in [6.45, 7) is 7.06. The molecule has 1 nitrogen and oxygen atoms in total. The first-order chi connectivity index (χ1) is 7.49. The van der Waals surface area contributed by atoms with E-state index in [1.807, 2.05) is 30.3 Å². The van der Waals surface area contributed by atoms with E-state index in [0.29, 0.717) is 6.42 Å². The van der Waals surface area contributed by atoms with Gasteiger partial charge in [-0.25, -0.2) is 0 Å². The molecule has 2 heteroatoms. The third kappa shape index (κ3) is 5.28. The van der Waals surface area contributed by atoms with Gasteiger partial charge in [0.25, 0.3) is 0 Å². The molecule has 0 radical (unpaired) electrons. The van der Waals surface area contributed by atoms with Crippen molar-refractivity contribution in [3.8, 4) is 0 Å². The van der Waals surface area contributed by atoms with Crippen LogP contribution in [0.25, 0.3) is 0 Å². The maximum atomic E-state index is 9.91. The van der Waals surface area contributed by atoms with E-state index in [1.54, 1.807) is 0 Å². The predicted molar refractivity (Wildman–Crippen MR) is 73.3 cm³/mol. The van der Waals surface area contributed by atoms with Crippen LogP contribution in [0, 0.1) is 0 Å². The number of benzene rings is 1. The summed E-state index contributed by atoms with van der Waals surface area (Å²) >= 11 is 0. The first kappa shape index (κ1) is 13.2. The predicted octanol–water partition coefficient (Wildman–Crippen LogP) is 4.00.